The van der Waals surface area contributed by atoms with E-state index in [0.717, 1.165) is 71.9 Å². The largest absolute Gasteiger partial charge is 0.456 e. The van der Waals surface area contributed by atoms with E-state index < -0.39 is 0 Å². The molecule has 3 aromatic heterocycles. The van der Waals surface area contributed by atoms with Gasteiger partial charge in [-0.3, -0.25) is 0 Å². The summed E-state index contributed by atoms with van der Waals surface area (Å²) in [5.74, 6) is 1.84. The quantitative estimate of drug-likeness (QED) is 0.176. The molecule has 3 heterocycles. The minimum Gasteiger partial charge on any atom is -0.456 e. The van der Waals surface area contributed by atoms with Gasteiger partial charge in [0.2, 0.25) is 0 Å². The molecule has 0 fully saturated rings. The Kier molecular flexibility index (Phi) is 7.16. The monoisotopic (exact) mass is 740 g/mol. The molecule has 12 aromatic rings. The lowest BCUT2D eigenvalue weighted by Crippen LogP contribution is -2.02. The molecule has 0 aliphatic heterocycles. The Balaban J connectivity index is 1.16. The molecule has 0 amide bonds. The van der Waals surface area contributed by atoms with Crippen molar-refractivity contribution >= 4 is 65.3 Å². The second-order valence-corrected chi connectivity index (χ2v) is 14.8. The predicted octanol–water partition coefficient (Wildman–Crippen LogP) is 13.8. The van der Waals surface area contributed by atoms with Gasteiger partial charge in [-0.25, -0.2) is 15.0 Å². The van der Waals surface area contributed by atoms with Crippen LogP contribution in [0.2, 0.25) is 0 Å². The van der Waals surface area contributed by atoms with Crippen LogP contribution in [0.4, 0.5) is 0 Å². The Hall–Kier alpha value is -7.89. The van der Waals surface area contributed by atoms with Gasteiger partial charge < -0.3 is 8.98 Å². The van der Waals surface area contributed by atoms with Crippen LogP contribution in [-0.4, -0.2) is 19.5 Å². The number of furan rings is 1. The Morgan fingerprint density at radius 1 is 0.345 bits per heavy atom. The fourth-order valence-electron chi connectivity index (χ4n) is 8.68. The molecule has 0 spiro atoms. The Morgan fingerprint density at radius 2 is 0.948 bits per heavy atom. The summed E-state index contributed by atoms with van der Waals surface area (Å²) < 4.78 is 8.89. The van der Waals surface area contributed by atoms with E-state index in [-0.39, 0.29) is 0 Å². The highest BCUT2D eigenvalue weighted by Gasteiger charge is 2.22. The fraction of sp³-hybridized carbons (Fsp3) is 0. The predicted molar refractivity (Wildman–Crippen MR) is 238 cm³/mol. The first-order valence-corrected chi connectivity index (χ1v) is 19.5. The number of benzene rings is 9. The van der Waals surface area contributed by atoms with Gasteiger partial charge in [0.25, 0.3) is 0 Å². The van der Waals surface area contributed by atoms with Crippen molar-refractivity contribution in [1.29, 1.82) is 0 Å². The van der Waals surface area contributed by atoms with Crippen LogP contribution in [0.25, 0.3) is 116 Å². The average molecular weight is 741 g/mol. The molecule has 0 atom stereocenters. The standard InChI is InChI=1S/C53H32N4O/c1-2-14-34(15-3-1)51-54-52(38-26-25-33-13-4-5-16-35(33)29-38)56-53(55-51)39-27-28-46(44(31-39)41-21-12-24-49-50(41)42-20-9-11-23-48(42)58-49)57-45-22-10-8-19-40(45)43-30-36-17-6-7-18-37(36)32-47(43)57/h1-32H. The van der Waals surface area contributed by atoms with Crippen molar-refractivity contribution in [3.63, 3.8) is 0 Å². The van der Waals surface area contributed by atoms with Gasteiger partial charge in [-0.1, -0.05) is 140 Å². The van der Waals surface area contributed by atoms with E-state index in [2.05, 4.69) is 168 Å². The molecule has 5 heteroatoms. The fourth-order valence-corrected chi connectivity index (χ4v) is 8.68. The Morgan fingerprint density at radius 3 is 1.76 bits per heavy atom. The van der Waals surface area contributed by atoms with Crippen LogP contribution in [0, 0.1) is 0 Å². The summed E-state index contributed by atoms with van der Waals surface area (Å²) >= 11 is 0. The number of hydrogen-bond acceptors (Lipinski definition) is 4. The van der Waals surface area contributed by atoms with Gasteiger partial charge in [0, 0.05) is 43.8 Å². The number of hydrogen-bond donors (Lipinski definition) is 0. The number of para-hydroxylation sites is 2. The number of aromatic nitrogens is 4. The summed E-state index contributed by atoms with van der Waals surface area (Å²) in [5, 5.41) is 9.27. The maximum atomic E-state index is 6.47. The lowest BCUT2D eigenvalue weighted by atomic mass is 9.95. The topological polar surface area (TPSA) is 56.7 Å². The van der Waals surface area contributed by atoms with E-state index >= 15 is 0 Å². The molecule has 0 saturated carbocycles. The molecular formula is C53H32N4O. The van der Waals surface area contributed by atoms with Crippen LogP contribution in [0.5, 0.6) is 0 Å². The van der Waals surface area contributed by atoms with Crippen molar-refractivity contribution in [2.75, 3.05) is 0 Å². The highest BCUT2D eigenvalue weighted by Crippen LogP contribution is 2.43. The molecular weight excluding hydrogens is 709 g/mol. The smallest absolute Gasteiger partial charge is 0.164 e. The van der Waals surface area contributed by atoms with E-state index in [1.54, 1.807) is 0 Å². The zero-order valence-corrected chi connectivity index (χ0v) is 31.2. The zero-order chi connectivity index (χ0) is 38.2. The first kappa shape index (κ1) is 32.4. The number of nitrogens with zero attached hydrogens (tertiary/aromatic N) is 4. The minimum atomic E-state index is 0.599. The maximum Gasteiger partial charge on any atom is 0.164 e. The van der Waals surface area contributed by atoms with E-state index in [1.807, 2.05) is 30.3 Å². The van der Waals surface area contributed by atoms with Gasteiger partial charge in [0.1, 0.15) is 11.2 Å². The first-order valence-electron chi connectivity index (χ1n) is 19.5. The van der Waals surface area contributed by atoms with Gasteiger partial charge in [-0.15, -0.1) is 0 Å². The van der Waals surface area contributed by atoms with Crippen molar-refractivity contribution in [3.8, 4) is 51.0 Å². The van der Waals surface area contributed by atoms with Crippen molar-refractivity contribution in [1.82, 2.24) is 19.5 Å². The molecule has 0 aliphatic rings. The van der Waals surface area contributed by atoms with E-state index in [1.165, 1.54) is 26.9 Å². The van der Waals surface area contributed by atoms with Crippen LogP contribution in [0.1, 0.15) is 0 Å². The highest BCUT2D eigenvalue weighted by atomic mass is 16.3. The summed E-state index contributed by atoms with van der Waals surface area (Å²) in [7, 11) is 0. The summed E-state index contributed by atoms with van der Waals surface area (Å²) in [6.45, 7) is 0. The molecule has 0 aliphatic carbocycles. The average Bonchev–Trinajstić information content (AvgIpc) is 3.83. The van der Waals surface area contributed by atoms with Crippen LogP contribution >= 0.6 is 0 Å². The van der Waals surface area contributed by atoms with Crippen molar-refractivity contribution in [2.45, 2.75) is 0 Å². The molecule has 5 nitrogen and oxygen atoms in total. The maximum absolute atomic E-state index is 6.47. The second kappa shape index (κ2) is 12.8. The van der Waals surface area contributed by atoms with Crippen molar-refractivity contribution in [3.05, 3.63) is 194 Å². The SMILES string of the molecule is c1ccc(-c2nc(-c3ccc(-n4c5ccccc5c5cc6ccccc6cc54)c(-c4cccc5oc6ccccc6c45)c3)nc(-c3ccc4ccccc4c3)n2)cc1. The summed E-state index contributed by atoms with van der Waals surface area (Å²) in [6, 6.07) is 68.2. The van der Waals surface area contributed by atoms with Crippen molar-refractivity contribution < 1.29 is 4.42 Å². The van der Waals surface area contributed by atoms with E-state index in [4.69, 9.17) is 19.4 Å². The summed E-state index contributed by atoms with van der Waals surface area (Å²) in [6.07, 6.45) is 0. The molecule has 0 saturated heterocycles. The van der Waals surface area contributed by atoms with Gasteiger partial charge in [0.05, 0.1) is 16.7 Å². The zero-order valence-electron chi connectivity index (χ0n) is 31.2. The molecule has 0 bridgehead atoms. The third-order valence-electron chi connectivity index (χ3n) is 11.4. The van der Waals surface area contributed by atoms with Gasteiger partial charge >= 0.3 is 0 Å². The molecule has 0 radical (unpaired) electrons. The van der Waals surface area contributed by atoms with Crippen LogP contribution in [0.15, 0.2) is 199 Å². The normalized spacial score (nSPS) is 11.8. The number of fused-ring (bicyclic) bond motifs is 8. The third-order valence-corrected chi connectivity index (χ3v) is 11.4. The first-order chi connectivity index (χ1) is 28.7. The highest BCUT2D eigenvalue weighted by molar-refractivity contribution is 6.16. The van der Waals surface area contributed by atoms with Crippen LogP contribution in [-0.2, 0) is 0 Å². The lowest BCUT2D eigenvalue weighted by molar-refractivity contribution is 0.669. The number of rotatable bonds is 5. The van der Waals surface area contributed by atoms with Crippen LogP contribution in [0.3, 0.4) is 0 Å². The molecule has 58 heavy (non-hydrogen) atoms. The third kappa shape index (κ3) is 5.14. The van der Waals surface area contributed by atoms with Crippen molar-refractivity contribution in [2.24, 2.45) is 0 Å². The van der Waals surface area contributed by atoms with E-state index in [9.17, 15) is 0 Å². The second-order valence-electron chi connectivity index (χ2n) is 14.8. The van der Waals surface area contributed by atoms with E-state index in [0.29, 0.717) is 17.5 Å². The molecule has 270 valence electrons. The minimum absolute atomic E-state index is 0.599. The molecule has 9 aromatic carbocycles. The van der Waals surface area contributed by atoms with Gasteiger partial charge in [-0.2, -0.15) is 0 Å². The Labute approximate surface area is 333 Å². The summed E-state index contributed by atoms with van der Waals surface area (Å²) in [5.41, 5.74) is 9.88. The molecule has 0 unspecified atom stereocenters. The van der Waals surface area contributed by atoms with Crippen LogP contribution < -0.4 is 0 Å². The van der Waals surface area contributed by atoms with Gasteiger partial charge in [0.15, 0.2) is 17.5 Å². The molecule has 0 N–H and O–H groups in total. The summed E-state index contributed by atoms with van der Waals surface area (Å²) in [4.78, 5) is 15.5. The lowest BCUT2D eigenvalue weighted by Gasteiger charge is -2.17. The molecule has 12 rings (SSSR count). The van der Waals surface area contributed by atoms with Gasteiger partial charge in [-0.05, 0) is 81.7 Å². The Bertz CT molecular complexity index is 3580.